The van der Waals surface area contributed by atoms with Crippen molar-refractivity contribution in [1.29, 1.82) is 0 Å². The van der Waals surface area contributed by atoms with Gasteiger partial charge in [-0.1, -0.05) is 0 Å². The molecule has 1 aromatic heterocycles. The lowest BCUT2D eigenvalue weighted by Crippen LogP contribution is -2.32. The van der Waals surface area contributed by atoms with E-state index >= 15 is 0 Å². The molecule has 19 heavy (non-hydrogen) atoms. The maximum Gasteiger partial charge on any atom is 0.178 e. The van der Waals surface area contributed by atoms with Gasteiger partial charge in [0.05, 0.1) is 0 Å². The van der Waals surface area contributed by atoms with E-state index in [9.17, 15) is 8.78 Å². The highest BCUT2D eigenvalue weighted by Gasteiger charge is 2.16. The molecule has 1 aliphatic rings. The predicted molar refractivity (Wildman–Crippen MR) is 70.9 cm³/mol. The molecule has 2 heterocycles. The molecule has 0 atom stereocenters. The van der Waals surface area contributed by atoms with Gasteiger partial charge >= 0.3 is 0 Å². The molecule has 3 N–H and O–H groups in total. The van der Waals surface area contributed by atoms with Crippen LogP contribution in [0.2, 0.25) is 0 Å². The lowest BCUT2D eigenvalue weighted by molar-refractivity contribution is 0.346. The van der Waals surface area contributed by atoms with Crippen molar-refractivity contribution < 1.29 is 8.78 Å². The van der Waals surface area contributed by atoms with Crippen LogP contribution in [0.3, 0.4) is 0 Å². The first-order valence-electron chi connectivity index (χ1n) is 6.38. The maximum absolute atomic E-state index is 13.7. The van der Waals surface area contributed by atoms with Gasteiger partial charge < -0.3 is 15.2 Å². The molecule has 1 aromatic rings. The van der Waals surface area contributed by atoms with Crippen molar-refractivity contribution in [2.24, 2.45) is 5.84 Å². The standard InChI is InChI=1S/C12H19F2N5/c1-18(6-7-19-4-2-3-5-19)12-10(14)8-9(13)11(16-12)17-15/h8H,2-7,15H2,1H3,(H,16,17). The molecule has 0 bridgehead atoms. The summed E-state index contributed by atoms with van der Waals surface area (Å²) in [5.74, 6) is 3.62. The van der Waals surface area contributed by atoms with E-state index in [4.69, 9.17) is 5.84 Å². The Hall–Kier alpha value is -1.47. The van der Waals surface area contributed by atoms with Crippen LogP contribution in [-0.2, 0) is 0 Å². The van der Waals surface area contributed by atoms with Crippen molar-refractivity contribution in [2.75, 3.05) is 43.6 Å². The smallest absolute Gasteiger partial charge is 0.178 e. The lowest BCUT2D eigenvalue weighted by Gasteiger charge is -2.23. The van der Waals surface area contributed by atoms with Crippen molar-refractivity contribution in [3.05, 3.63) is 17.7 Å². The summed E-state index contributed by atoms with van der Waals surface area (Å²) >= 11 is 0. The van der Waals surface area contributed by atoms with Gasteiger partial charge in [0.15, 0.2) is 23.3 Å². The molecule has 0 unspecified atom stereocenters. The zero-order chi connectivity index (χ0) is 13.8. The van der Waals surface area contributed by atoms with Crippen LogP contribution in [0.4, 0.5) is 20.4 Å². The molecule has 1 saturated heterocycles. The average Bonchev–Trinajstić information content (AvgIpc) is 2.89. The van der Waals surface area contributed by atoms with E-state index in [2.05, 4.69) is 15.3 Å². The molecule has 1 aliphatic heterocycles. The SMILES string of the molecule is CN(CCN1CCCC1)c1nc(NN)c(F)cc1F. The minimum atomic E-state index is -0.795. The Balaban J connectivity index is 2.02. The summed E-state index contributed by atoms with van der Waals surface area (Å²) in [5.41, 5.74) is 2.13. The number of nitrogens with two attached hydrogens (primary N) is 1. The van der Waals surface area contributed by atoms with Gasteiger partial charge in [-0.05, 0) is 25.9 Å². The van der Waals surface area contributed by atoms with E-state index < -0.39 is 11.6 Å². The normalized spacial score (nSPS) is 15.8. The number of aromatic nitrogens is 1. The van der Waals surface area contributed by atoms with Crippen LogP contribution in [-0.4, -0.2) is 43.1 Å². The number of rotatable bonds is 5. The van der Waals surface area contributed by atoms with Crippen LogP contribution in [0.1, 0.15) is 12.8 Å². The number of nitrogens with zero attached hydrogens (tertiary/aromatic N) is 3. The summed E-state index contributed by atoms with van der Waals surface area (Å²) in [5, 5.41) is 0. The lowest BCUT2D eigenvalue weighted by atomic mass is 10.3. The van der Waals surface area contributed by atoms with Gasteiger partial charge in [-0.25, -0.2) is 19.6 Å². The number of nitrogens with one attached hydrogen (secondary N) is 1. The Morgan fingerprint density at radius 3 is 2.68 bits per heavy atom. The fraction of sp³-hybridized carbons (Fsp3) is 0.583. The summed E-state index contributed by atoms with van der Waals surface area (Å²) in [7, 11) is 1.74. The van der Waals surface area contributed by atoms with Gasteiger partial charge in [0.25, 0.3) is 0 Å². The third kappa shape index (κ3) is 3.30. The monoisotopic (exact) mass is 271 g/mol. The van der Waals surface area contributed by atoms with Crippen LogP contribution in [0.15, 0.2) is 6.07 Å². The highest BCUT2D eigenvalue weighted by Crippen LogP contribution is 2.21. The van der Waals surface area contributed by atoms with E-state index in [0.717, 1.165) is 25.7 Å². The van der Waals surface area contributed by atoms with Gasteiger partial charge in [-0.2, -0.15) is 0 Å². The van der Waals surface area contributed by atoms with E-state index in [-0.39, 0.29) is 11.6 Å². The van der Waals surface area contributed by atoms with Crippen LogP contribution in [0.25, 0.3) is 0 Å². The second kappa shape index (κ2) is 6.12. The summed E-state index contributed by atoms with van der Waals surface area (Å²) in [4.78, 5) is 7.85. The summed E-state index contributed by atoms with van der Waals surface area (Å²) in [6, 6.07) is 0.796. The van der Waals surface area contributed by atoms with Crippen LogP contribution in [0, 0.1) is 11.6 Å². The zero-order valence-electron chi connectivity index (χ0n) is 11.0. The van der Waals surface area contributed by atoms with E-state index in [1.807, 2.05) is 0 Å². The Bertz CT molecular complexity index is 434. The molecule has 5 nitrogen and oxygen atoms in total. The zero-order valence-corrected chi connectivity index (χ0v) is 11.0. The van der Waals surface area contributed by atoms with Crippen LogP contribution in [0.5, 0.6) is 0 Å². The Morgan fingerprint density at radius 2 is 2.05 bits per heavy atom. The molecule has 0 radical (unpaired) electrons. The number of likely N-dealkylation sites (N-methyl/N-ethyl adjacent to an activating group) is 1. The van der Waals surface area contributed by atoms with Gasteiger partial charge in [0.2, 0.25) is 0 Å². The molecule has 2 rings (SSSR count). The number of hydrogen-bond donors (Lipinski definition) is 2. The van der Waals surface area contributed by atoms with Gasteiger partial charge in [0, 0.05) is 26.2 Å². The molecule has 106 valence electrons. The van der Waals surface area contributed by atoms with Crippen LogP contribution < -0.4 is 16.2 Å². The van der Waals surface area contributed by atoms with Crippen molar-refractivity contribution >= 4 is 11.6 Å². The first-order chi connectivity index (χ1) is 9.11. The molecular formula is C12H19F2N5. The molecule has 0 spiro atoms. The number of likely N-dealkylation sites (tertiary alicyclic amines) is 1. The van der Waals surface area contributed by atoms with Crippen LogP contribution >= 0.6 is 0 Å². The fourth-order valence-corrected chi connectivity index (χ4v) is 2.23. The molecular weight excluding hydrogens is 252 g/mol. The van der Waals surface area contributed by atoms with Crippen molar-refractivity contribution in [3.8, 4) is 0 Å². The molecule has 7 heteroatoms. The minimum absolute atomic E-state index is 0.105. The molecule has 1 fully saturated rings. The minimum Gasteiger partial charge on any atom is -0.356 e. The third-order valence-electron chi connectivity index (χ3n) is 3.36. The summed E-state index contributed by atoms with van der Waals surface area (Å²) in [6.07, 6.45) is 2.43. The number of halogens is 2. The van der Waals surface area contributed by atoms with Crippen molar-refractivity contribution in [3.63, 3.8) is 0 Å². The average molecular weight is 271 g/mol. The number of hydrazine groups is 1. The number of pyridine rings is 1. The molecule has 0 saturated carbocycles. The van der Waals surface area contributed by atoms with E-state index in [1.165, 1.54) is 12.8 Å². The Labute approximate surface area is 111 Å². The second-order valence-electron chi connectivity index (χ2n) is 4.74. The highest BCUT2D eigenvalue weighted by atomic mass is 19.1. The fourth-order valence-electron chi connectivity index (χ4n) is 2.23. The number of anilines is 2. The van der Waals surface area contributed by atoms with Gasteiger partial charge in [0.1, 0.15) is 0 Å². The number of nitrogen functional groups attached to an aromatic ring is 1. The van der Waals surface area contributed by atoms with Crippen molar-refractivity contribution in [2.45, 2.75) is 12.8 Å². The molecule has 0 amide bonds. The quantitative estimate of drug-likeness (QED) is 0.622. The first kappa shape index (κ1) is 14.0. The topological polar surface area (TPSA) is 57.4 Å². The van der Waals surface area contributed by atoms with E-state index in [0.29, 0.717) is 6.54 Å². The first-order valence-corrected chi connectivity index (χ1v) is 6.38. The van der Waals surface area contributed by atoms with Crippen molar-refractivity contribution in [1.82, 2.24) is 9.88 Å². The Morgan fingerprint density at radius 1 is 1.37 bits per heavy atom. The predicted octanol–water partition coefficient (Wildman–Crippen LogP) is 1.18. The largest absolute Gasteiger partial charge is 0.356 e. The Kier molecular flexibility index (Phi) is 4.49. The second-order valence-corrected chi connectivity index (χ2v) is 4.74. The van der Waals surface area contributed by atoms with E-state index in [1.54, 1.807) is 11.9 Å². The summed E-state index contributed by atoms with van der Waals surface area (Å²) < 4.78 is 26.9. The molecule has 0 aromatic carbocycles. The van der Waals surface area contributed by atoms with Gasteiger partial charge in [-0.3, -0.25) is 0 Å². The van der Waals surface area contributed by atoms with Gasteiger partial charge in [-0.15, -0.1) is 0 Å². The third-order valence-corrected chi connectivity index (χ3v) is 3.36. The summed E-state index contributed by atoms with van der Waals surface area (Å²) in [6.45, 7) is 3.66. The molecule has 0 aliphatic carbocycles. The maximum atomic E-state index is 13.7. The highest BCUT2D eigenvalue weighted by molar-refractivity contribution is 5.48. The number of hydrogen-bond acceptors (Lipinski definition) is 5.